The molecule has 0 saturated carbocycles. The van der Waals surface area contributed by atoms with Crippen molar-refractivity contribution in [3.63, 3.8) is 0 Å². The minimum Gasteiger partial charge on any atom is -0.285 e. The molecule has 1 saturated heterocycles. The molecule has 0 aliphatic carbocycles. The van der Waals surface area contributed by atoms with Gasteiger partial charge in [0.2, 0.25) is 5.91 Å². The number of pyridine rings is 1. The fourth-order valence-corrected chi connectivity index (χ4v) is 4.37. The number of aromatic nitrogens is 1. The highest BCUT2D eigenvalue weighted by Crippen LogP contribution is 2.39. The third kappa shape index (κ3) is 3.57. The van der Waals surface area contributed by atoms with Crippen LogP contribution in [0.5, 0.6) is 0 Å². The molecule has 5 nitrogen and oxygen atoms in total. The zero-order valence-corrected chi connectivity index (χ0v) is 17.5. The molecule has 1 atom stereocenters. The number of carbonyl (C=O) groups excluding carboxylic acids is 1. The maximum atomic E-state index is 13.2. The van der Waals surface area contributed by atoms with Gasteiger partial charge in [-0.15, -0.1) is 24.4 Å². The Bertz CT molecular complexity index is 905. The van der Waals surface area contributed by atoms with Crippen LogP contribution in [0, 0.1) is 18.3 Å². The summed E-state index contributed by atoms with van der Waals surface area (Å²) in [7, 11) is 0. The molecule has 7 heteroatoms. The van der Waals surface area contributed by atoms with Gasteiger partial charge in [-0.1, -0.05) is 6.07 Å². The Kier molecular flexibility index (Phi) is 5.52. The average molecular weight is 399 g/mol. The van der Waals surface area contributed by atoms with E-state index in [4.69, 9.17) is 12.6 Å². The van der Waals surface area contributed by atoms with Crippen molar-refractivity contribution in [2.45, 2.75) is 43.2 Å². The fraction of sp³-hybridized carbons (Fsp3) is 0.350. The van der Waals surface area contributed by atoms with Crippen LogP contribution in [0.2, 0.25) is 0 Å². The lowest BCUT2D eigenvalue weighted by molar-refractivity contribution is -0.123. The minimum absolute atomic E-state index is 0.0145. The summed E-state index contributed by atoms with van der Waals surface area (Å²) in [5, 5.41) is 9.25. The second-order valence-electron chi connectivity index (χ2n) is 7.01. The van der Waals surface area contributed by atoms with Crippen molar-refractivity contribution in [1.82, 2.24) is 9.88 Å². The Morgan fingerprint density at radius 2 is 2.07 bits per heavy atom. The molecule has 0 bridgehead atoms. The van der Waals surface area contributed by atoms with Gasteiger partial charge < -0.3 is 0 Å². The first-order chi connectivity index (χ1) is 12.8. The van der Waals surface area contributed by atoms with Gasteiger partial charge in [0.25, 0.3) is 0 Å². The summed E-state index contributed by atoms with van der Waals surface area (Å²) < 4.78 is 0. The first kappa shape index (κ1) is 19.7. The first-order valence-electron chi connectivity index (χ1n) is 8.57. The van der Waals surface area contributed by atoms with Crippen LogP contribution < -0.4 is 4.90 Å². The highest BCUT2D eigenvalue weighted by atomic mass is 32.2. The van der Waals surface area contributed by atoms with Crippen LogP contribution in [0.25, 0.3) is 0 Å². The van der Waals surface area contributed by atoms with Crippen molar-refractivity contribution >= 4 is 36.0 Å². The second kappa shape index (κ2) is 7.55. The van der Waals surface area contributed by atoms with Crippen molar-refractivity contribution in [2.75, 3.05) is 11.2 Å². The van der Waals surface area contributed by atoms with Gasteiger partial charge in [-0.05, 0) is 56.9 Å². The van der Waals surface area contributed by atoms with Gasteiger partial charge in [0.1, 0.15) is 11.6 Å². The number of carbonyl (C=O) groups is 1. The largest absolute Gasteiger partial charge is 0.285 e. The van der Waals surface area contributed by atoms with Crippen LogP contribution in [0.4, 0.5) is 5.69 Å². The number of benzene rings is 1. The van der Waals surface area contributed by atoms with E-state index in [1.807, 2.05) is 57.5 Å². The van der Waals surface area contributed by atoms with E-state index in [-0.39, 0.29) is 5.91 Å². The van der Waals surface area contributed by atoms with Gasteiger partial charge in [0, 0.05) is 29.0 Å². The van der Waals surface area contributed by atoms with Crippen molar-refractivity contribution < 1.29 is 4.79 Å². The van der Waals surface area contributed by atoms with Crippen LogP contribution >= 0.6 is 24.4 Å². The van der Waals surface area contributed by atoms with E-state index in [9.17, 15) is 10.1 Å². The Labute approximate surface area is 169 Å². The molecular formula is C20H22N4OS2. The smallest absolute Gasteiger partial charge is 0.249 e. The number of aryl methyl sites for hydroxylation is 1. The molecule has 1 aromatic heterocycles. The molecule has 3 rings (SSSR count). The maximum Gasteiger partial charge on any atom is 0.249 e. The summed E-state index contributed by atoms with van der Waals surface area (Å²) in [5.41, 5.74) is 2.24. The van der Waals surface area contributed by atoms with E-state index in [0.717, 1.165) is 21.8 Å². The highest BCUT2D eigenvalue weighted by Gasteiger charge is 2.51. The minimum atomic E-state index is -0.704. The maximum absolute atomic E-state index is 13.2. The van der Waals surface area contributed by atoms with E-state index < -0.39 is 11.0 Å². The van der Waals surface area contributed by atoms with E-state index in [0.29, 0.717) is 12.1 Å². The molecule has 1 aromatic carbocycles. The Morgan fingerprint density at radius 1 is 1.33 bits per heavy atom. The van der Waals surface area contributed by atoms with Crippen molar-refractivity contribution in [3.05, 3.63) is 53.3 Å². The van der Waals surface area contributed by atoms with Crippen LogP contribution in [0.1, 0.15) is 30.7 Å². The van der Waals surface area contributed by atoms with Crippen LogP contribution in [0.15, 0.2) is 41.4 Å². The number of amides is 1. The SMILES string of the molecule is CSc1cc(N2C(=O)C(C)(C)N(Cc3ccc(C)nc3)C2S)ccc1C#N. The highest BCUT2D eigenvalue weighted by molar-refractivity contribution is 7.98. The number of hydrogen-bond donors (Lipinski definition) is 1. The summed E-state index contributed by atoms with van der Waals surface area (Å²) in [6.45, 7) is 6.35. The molecule has 2 heterocycles. The van der Waals surface area contributed by atoms with Gasteiger partial charge in [0.05, 0.1) is 11.1 Å². The lowest BCUT2D eigenvalue weighted by atomic mass is 10.0. The normalized spacial score (nSPS) is 19.3. The lowest BCUT2D eigenvalue weighted by Crippen LogP contribution is -2.44. The number of thiol groups is 1. The van der Waals surface area contributed by atoms with Gasteiger partial charge in [-0.2, -0.15) is 5.26 Å². The number of hydrogen-bond acceptors (Lipinski definition) is 6. The molecule has 0 N–H and O–H groups in total. The Hall–Kier alpha value is -2.01. The number of nitriles is 1. The zero-order chi connectivity index (χ0) is 19.8. The molecule has 27 heavy (non-hydrogen) atoms. The zero-order valence-electron chi connectivity index (χ0n) is 15.8. The van der Waals surface area contributed by atoms with E-state index in [1.165, 1.54) is 11.8 Å². The summed E-state index contributed by atoms with van der Waals surface area (Å²) in [5.74, 6) is -0.0145. The first-order valence-corrected chi connectivity index (χ1v) is 10.3. The molecule has 140 valence electrons. The topological polar surface area (TPSA) is 60.2 Å². The van der Waals surface area contributed by atoms with E-state index in [2.05, 4.69) is 16.0 Å². The quantitative estimate of drug-likeness (QED) is 0.627. The molecule has 0 spiro atoms. The van der Waals surface area contributed by atoms with Gasteiger partial charge >= 0.3 is 0 Å². The predicted molar refractivity (Wildman–Crippen MR) is 112 cm³/mol. The van der Waals surface area contributed by atoms with Crippen LogP contribution in [0.3, 0.4) is 0 Å². The summed E-state index contributed by atoms with van der Waals surface area (Å²) >= 11 is 6.26. The molecule has 1 unspecified atom stereocenters. The van der Waals surface area contributed by atoms with Crippen LogP contribution in [-0.2, 0) is 11.3 Å². The molecule has 1 aliphatic heterocycles. The number of anilines is 1. The number of nitrogens with zero attached hydrogens (tertiary/aromatic N) is 4. The third-order valence-electron chi connectivity index (χ3n) is 4.88. The van der Waals surface area contributed by atoms with E-state index >= 15 is 0 Å². The summed E-state index contributed by atoms with van der Waals surface area (Å²) in [6.07, 6.45) is 3.76. The predicted octanol–water partition coefficient (Wildman–Crippen LogP) is 3.82. The Balaban J connectivity index is 1.95. The van der Waals surface area contributed by atoms with Gasteiger partial charge in [-0.25, -0.2) is 0 Å². The Morgan fingerprint density at radius 3 is 2.67 bits per heavy atom. The van der Waals surface area contributed by atoms with Crippen molar-refractivity contribution in [3.8, 4) is 6.07 Å². The monoisotopic (exact) mass is 398 g/mol. The van der Waals surface area contributed by atoms with Gasteiger partial charge in [-0.3, -0.25) is 19.6 Å². The fourth-order valence-electron chi connectivity index (χ4n) is 3.19. The van der Waals surface area contributed by atoms with E-state index in [1.54, 1.807) is 11.0 Å². The van der Waals surface area contributed by atoms with Crippen molar-refractivity contribution in [2.24, 2.45) is 0 Å². The average Bonchev–Trinajstić information content (AvgIpc) is 2.82. The molecule has 0 radical (unpaired) electrons. The number of thioether (sulfide) groups is 1. The number of rotatable bonds is 4. The molecule has 1 amide bonds. The van der Waals surface area contributed by atoms with Crippen molar-refractivity contribution in [1.29, 1.82) is 5.26 Å². The van der Waals surface area contributed by atoms with Gasteiger partial charge in [0.15, 0.2) is 0 Å². The molecule has 1 fully saturated rings. The lowest BCUT2D eigenvalue weighted by Gasteiger charge is -2.31. The standard InChI is InChI=1S/C20H22N4OS2/c1-13-5-6-14(11-22-13)12-23-19(26)24(18(25)20(23,2)3)16-8-7-15(10-21)17(9-16)27-4/h5-9,11,19,26H,12H2,1-4H3. The summed E-state index contributed by atoms with van der Waals surface area (Å²) in [6, 6.07) is 11.6. The molecular weight excluding hydrogens is 376 g/mol. The molecule has 2 aromatic rings. The molecule has 1 aliphatic rings. The second-order valence-corrected chi connectivity index (χ2v) is 8.32. The third-order valence-corrected chi connectivity index (χ3v) is 6.17. The summed E-state index contributed by atoms with van der Waals surface area (Å²) in [4.78, 5) is 22.1. The van der Waals surface area contributed by atoms with Crippen LogP contribution in [-0.4, -0.2) is 33.1 Å².